The largest absolute Gasteiger partial charge is 0.298 e. The van der Waals surface area contributed by atoms with Gasteiger partial charge in [-0.3, -0.25) is 14.9 Å². The van der Waals surface area contributed by atoms with E-state index in [1.807, 2.05) is 24.3 Å². The van der Waals surface area contributed by atoms with Crippen molar-refractivity contribution < 1.29 is 9.59 Å². The number of aromatic nitrogens is 1. The van der Waals surface area contributed by atoms with Crippen molar-refractivity contribution in [1.82, 2.24) is 4.98 Å². The van der Waals surface area contributed by atoms with Gasteiger partial charge in [0.15, 0.2) is 10.9 Å². The Bertz CT molecular complexity index is 725. The molecular formula is C16H16N2O2S2. The van der Waals surface area contributed by atoms with Gasteiger partial charge in [0.1, 0.15) is 0 Å². The number of carbonyl (C=O) groups excluding carboxylic acids is 2. The highest BCUT2D eigenvalue weighted by atomic mass is 32.2. The van der Waals surface area contributed by atoms with Crippen LogP contribution < -0.4 is 5.32 Å². The number of anilines is 1. The Balaban J connectivity index is 1.82. The molecule has 114 valence electrons. The summed E-state index contributed by atoms with van der Waals surface area (Å²) < 4.78 is 0. The van der Waals surface area contributed by atoms with Gasteiger partial charge in [-0.1, -0.05) is 30.4 Å². The molecule has 0 bridgehead atoms. The fourth-order valence-electron chi connectivity index (χ4n) is 2.42. The molecule has 2 aromatic rings. The maximum absolute atomic E-state index is 12.5. The SMILES string of the molecule is CCSc1ccccc1C(=O)Nc1nc2c(s1)C(=O)CCC2. The summed E-state index contributed by atoms with van der Waals surface area (Å²) in [5, 5.41) is 3.35. The van der Waals surface area contributed by atoms with E-state index in [4.69, 9.17) is 0 Å². The van der Waals surface area contributed by atoms with Gasteiger partial charge in [-0.2, -0.15) is 0 Å². The number of benzene rings is 1. The van der Waals surface area contributed by atoms with Crippen LogP contribution in [0.5, 0.6) is 0 Å². The average Bonchev–Trinajstić information content (AvgIpc) is 2.92. The van der Waals surface area contributed by atoms with Gasteiger partial charge in [-0.05, 0) is 30.7 Å². The molecule has 1 aliphatic rings. The van der Waals surface area contributed by atoms with E-state index in [1.165, 1.54) is 11.3 Å². The zero-order valence-electron chi connectivity index (χ0n) is 12.2. The Kier molecular flexibility index (Phi) is 4.59. The molecule has 22 heavy (non-hydrogen) atoms. The molecule has 1 heterocycles. The van der Waals surface area contributed by atoms with Gasteiger partial charge >= 0.3 is 0 Å². The number of rotatable bonds is 4. The molecule has 1 aromatic heterocycles. The molecule has 1 aliphatic carbocycles. The van der Waals surface area contributed by atoms with Crippen LogP contribution in [0, 0.1) is 0 Å². The standard InChI is InChI=1S/C16H16N2O2S2/c1-2-21-13-9-4-3-6-10(13)15(20)18-16-17-11-7-5-8-12(19)14(11)22-16/h3-4,6,9H,2,5,7-8H2,1H3,(H,17,18,20). The minimum absolute atomic E-state index is 0.140. The molecule has 0 spiro atoms. The van der Waals surface area contributed by atoms with Crippen molar-refractivity contribution in [2.75, 3.05) is 11.1 Å². The average molecular weight is 332 g/mol. The van der Waals surface area contributed by atoms with Crippen molar-refractivity contribution in [3.05, 3.63) is 40.4 Å². The maximum atomic E-state index is 12.5. The van der Waals surface area contributed by atoms with Crippen LogP contribution in [0.15, 0.2) is 29.2 Å². The van der Waals surface area contributed by atoms with E-state index in [1.54, 1.807) is 11.8 Å². The summed E-state index contributed by atoms with van der Waals surface area (Å²) in [5.74, 6) is 0.876. The summed E-state index contributed by atoms with van der Waals surface area (Å²) in [4.78, 5) is 30.4. The molecule has 0 saturated heterocycles. The van der Waals surface area contributed by atoms with Crippen molar-refractivity contribution in [2.24, 2.45) is 0 Å². The Labute approximate surface area is 137 Å². The van der Waals surface area contributed by atoms with Gasteiger partial charge in [0.25, 0.3) is 5.91 Å². The monoisotopic (exact) mass is 332 g/mol. The van der Waals surface area contributed by atoms with Crippen molar-refractivity contribution >= 4 is 39.9 Å². The number of nitrogens with one attached hydrogen (secondary N) is 1. The van der Waals surface area contributed by atoms with Crippen LogP contribution in [0.1, 0.15) is 45.5 Å². The molecule has 0 aliphatic heterocycles. The third-order valence-corrected chi connectivity index (χ3v) is 5.43. The summed E-state index contributed by atoms with van der Waals surface area (Å²) in [7, 11) is 0. The molecule has 0 radical (unpaired) electrons. The van der Waals surface area contributed by atoms with Crippen molar-refractivity contribution in [3.8, 4) is 0 Å². The van der Waals surface area contributed by atoms with Crippen LogP contribution in [0.2, 0.25) is 0 Å². The van der Waals surface area contributed by atoms with Crippen LogP contribution in [0.25, 0.3) is 0 Å². The Hall–Kier alpha value is -1.66. The van der Waals surface area contributed by atoms with Crippen LogP contribution >= 0.6 is 23.1 Å². The number of hydrogen-bond acceptors (Lipinski definition) is 5. The Morgan fingerprint density at radius 1 is 1.36 bits per heavy atom. The van der Waals surface area contributed by atoms with Crippen molar-refractivity contribution in [3.63, 3.8) is 0 Å². The van der Waals surface area contributed by atoms with Gasteiger partial charge in [-0.15, -0.1) is 11.8 Å². The minimum Gasteiger partial charge on any atom is -0.298 e. The third-order valence-electron chi connectivity index (χ3n) is 3.42. The number of nitrogens with zero attached hydrogens (tertiary/aromatic N) is 1. The topological polar surface area (TPSA) is 59.1 Å². The summed E-state index contributed by atoms with van der Waals surface area (Å²) in [5.41, 5.74) is 1.47. The zero-order valence-corrected chi connectivity index (χ0v) is 13.9. The van der Waals surface area contributed by atoms with E-state index in [2.05, 4.69) is 17.2 Å². The maximum Gasteiger partial charge on any atom is 0.258 e. The van der Waals surface area contributed by atoms with Crippen molar-refractivity contribution in [1.29, 1.82) is 0 Å². The number of hydrogen-bond donors (Lipinski definition) is 1. The lowest BCUT2D eigenvalue weighted by atomic mass is 10.0. The molecule has 1 amide bonds. The van der Waals surface area contributed by atoms with Gasteiger partial charge in [0, 0.05) is 11.3 Å². The lowest BCUT2D eigenvalue weighted by Crippen LogP contribution is -2.13. The lowest BCUT2D eigenvalue weighted by Gasteiger charge is -2.07. The van der Waals surface area contributed by atoms with E-state index in [0.29, 0.717) is 22.0 Å². The zero-order chi connectivity index (χ0) is 15.5. The molecule has 0 atom stereocenters. The molecule has 1 N–H and O–H groups in total. The fourth-order valence-corrected chi connectivity index (χ4v) is 4.20. The number of fused-ring (bicyclic) bond motifs is 1. The molecular weight excluding hydrogens is 316 g/mol. The highest BCUT2D eigenvalue weighted by Gasteiger charge is 2.23. The third kappa shape index (κ3) is 3.08. The summed E-state index contributed by atoms with van der Waals surface area (Å²) in [6, 6.07) is 7.53. The van der Waals surface area contributed by atoms with Crippen LogP contribution in [-0.4, -0.2) is 22.4 Å². The molecule has 0 saturated carbocycles. The number of ketones is 1. The summed E-state index contributed by atoms with van der Waals surface area (Å²) in [6.07, 6.45) is 2.24. The van der Waals surface area contributed by atoms with E-state index in [-0.39, 0.29) is 11.7 Å². The van der Waals surface area contributed by atoms with Gasteiger partial charge in [0.2, 0.25) is 0 Å². The van der Waals surface area contributed by atoms with E-state index in [0.717, 1.165) is 29.2 Å². The molecule has 0 unspecified atom stereocenters. The van der Waals surface area contributed by atoms with Gasteiger partial charge < -0.3 is 0 Å². The normalized spacial score (nSPS) is 13.8. The Morgan fingerprint density at radius 3 is 2.95 bits per heavy atom. The highest BCUT2D eigenvalue weighted by Crippen LogP contribution is 2.30. The van der Waals surface area contributed by atoms with Crippen LogP contribution in [0.4, 0.5) is 5.13 Å². The molecule has 1 aromatic carbocycles. The molecule has 0 fully saturated rings. The summed E-state index contributed by atoms with van der Waals surface area (Å²) in [6.45, 7) is 2.06. The summed E-state index contributed by atoms with van der Waals surface area (Å²) >= 11 is 2.92. The fraction of sp³-hybridized carbons (Fsp3) is 0.312. The number of Topliss-reactive ketones (excluding diaryl/α,β-unsaturated/α-hetero) is 1. The van der Waals surface area contributed by atoms with Gasteiger partial charge in [0.05, 0.1) is 16.1 Å². The quantitative estimate of drug-likeness (QED) is 0.859. The van der Waals surface area contributed by atoms with E-state index in [9.17, 15) is 9.59 Å². The first-order valence-corrected chi connectivity index (χ1v) is 9.05. The number of aryl methyl sites for hydroxylation is 1. The first-order chi connectivity index (χ1) is 10.7. The number of carbonyl (C=O) groups is 2. The predicted molar refractivity (Wildman–Crippen MR) is 90.2 cm³/mol. The molecule has 3 rings (SSSR count). The first kappa shape index (κ1) is 15.2. The van der Waals surface area contributed by atoms with E-state index < -0.39 is 0 Å². The second kappa shape index (κ2) is 6.62. The molecule has 4 nitrogen and oxygen atoms in total. The second-order valence-electron chi connectivity index (χ2n) is 4.95. The lowest BCUT2D eigenvalue weighted by molar-refractivity contribution is 0.0975. The number of thiazole rings is 1. The van der Waals surface area contributed by atoms with Gasteiger partial charge in [-0.25, -0.2) is 4.98 Å². The Morgan fingerprint density at radius 2 is 2.18 bits per heavy atom. The minimum atomic E-state index is -0.171. The smallest absolute Gasteiger partial charge is 0.258 e. The van der Waals surface area contributed by atoms with Crippen LogP contribution in [-0.2, 0) is 6.42 Å². The van der Waals surface area contributed by atoms with Crippen LogP contribution in [0.3, 0.4) is 0 Å². The molecule has 6 heteroatoms. The second-order valence-corrected chi connectivity index (χ2v) is 7.26. The first-order valence-electron chi connectivity index (χ1n) is 7.25. The predicted octanol–water partition coefficient (Wildman–Crippen LogP) is 4.03. The van der Waals surface area contributed by atoms with Crippen molar-refractivity contribution in [2.45, 2.75) is 31.1 Å². The highest BCUT2D eigenvalue weighted by molar-refractivity contribution is 7.99. The van der Waals surface area contributed by atoms with E-state index >= 15 is 0 Å². The number of thioether (sulfide) groups is 1. The number of amides is 1.